The fraction of sp³-hybridized carbons (Fsp3) is 0.333. The van der Waals surface area contributed by atoms with E-state index >= 15 is 0 Å². The summed E-state index contributed by atoms with van der Waals surface area (Å²) < 4.78 is 38.0. The van der Waals surface area contributed by atoms with Crippen molar-refractivity contribution in [1.82, 2.24) is 5.32 Å². The highest BCUT2D eigenvalue weighted by Crippen LogP contribution is 2.36. The lowest BCUT2D eigenvalue weighted by Crippen LogP contribution is -2.51. The Morgan fingerprint density at radius 3 is 2.29 bits per heavy atom. The molecule has 9 heteroatoms. The summed E-state index contributed by atoms with van der Waals surface area (Å²) in [6.45, 7) is 2.50. The summed E-state index contributed by atoms with van der Waals surface area (Å²) in [4.78, 5) is 22.4. The third-order valence-corrected chi connectivity index (χ3v) is 3.18. The zero-order valence-electron chi connectivity index (χ0n) is 11.0. The number of urea groups is 1. The largest absolute Gasteiger partial charge is 0.480 e. The van der Waals surface area contributed by atoms with Crippen molar-refractivity contribution in [2.75, 3.05) is 5.32 Å². The number of rotatable bonds is 3. The van der Waals surface area contributed by atoms with Crippen LogP contribution < -0.4 is 10.6 Å². The Kier molecular flexibility index (Phi) is 4.87. The number of anilines is 1. The zero-order valence-corrected chi connectivity index (χ0v) is 12.6. The van der Waals surface area contributed by atoms with Crippen LogP contribution >= 0.6 is 15.9 Å². The number of aliphatic carboxylic acids is 1. The highest BCUT2D eigenvalue weighted by molar-refractivity contribution is 9.10. The van der Waals surface area contributed by atoms with Gasteiger partial charge in [0.25, 0.3) is 0 Å². The predicted molar refractivity (Wildman–Crippen MR) is 73.0 cm³/mol. The van der Waals surface area contributed by atoms with Crippen molar-refractivity contribution in [3.63, 3.8) is 0 Å². The number of benzene rings is 1. The number of alkyl halides is 3. The second-order valence-corrected chi connectivity index (χ2v) is 5.56. The van der Waals surface area contributed by atoms with Crippen LogP contribution in [0.3, 0.4) is 0 Å². The van der Waals surface area contributed by atoms with E-state index in [9.17, 15) is 22.8 Å². The first-order valence-electron chi connectivity index (χ1n) is 5.63. The van der Waals surface area contributed by atoms with Crippen LogP contribution in [-0.2, 0) is 11.0 Å². The van der Waals surface area contributed by atoms with E-state index in [1.807, 2.05) is 0 Å². The molecule has 0 radical (unpaired) electrons. The van der Waals surface area contributed by atoms with Gasteiger partial charge in [0, 0.05) is 10.2 Å². The van der Waals surface area contributed by atoms with Gasteiger partial charge in [0.2, 0.25) is 0 Å². The fourth-order valence-electron chi connectivity index (χ4n) is 1.32. The van der Waals surface area contributed by atoms with Gasteiger partial charge in [-0.2, -0.15) is 13.2 Å². The van der Waals surface area contributed by atoms with Crippen molar-refractivity contribution in [2.45, 2.75) is 25.6 Å². The third-order valence-electron chi connectivity index (χ3n) is 2.49. The van der Waals surface area contributed by atoms with Gasteiger partial charge in [-0.25, -0.2) is 9.59 Å². The molecule has 0 aliphatic rings. The summed E-state index contributed by atoms with van der Waals surface area (Å²) in [7, 11) is 0. The summed E-state index contributed by atoms with van der Waals surface area (Å²) in [5, 5.41) is 13.1. The topological polar surface area (TPSA) is 78.4 Å². The molecule has 0 bridgehead atoms. The van der Waals surface area contributed by atoms with E-state index in [2.05, 4.69) is 26.6 Å². The Morgan fingerprint density at radius 2 is 1.81 bits per heavy atom. The Hall–Kier alpha value is -1.77. The van der Waals surface area contributed by atoms with E-state index in [1.165, 1.54) is 19.9 Å². The molecule has 0 unspecified atom stereocenters. The molecule has 21 heavy (non-hydrogen) atoms. The van der Waals surface area contributed by atoms with Crippen molar-refractivity contribution >= 4 is 33.6 Å². The molecule has 0 aliphatic carbocycles. The van der Waals surface area contributed by atoms with Crippen LogP contribution in [0.25, 0.3) is 0 Å². The monoisotopic (exact) mass is 368 g/mol. The first-order chi connectivity index (χ1) is 9.43. The molecule has 5 nitrogen and oxygen atoms in total. The van der Waals surface area contributed by atoms with Crippen LogP contribution in [0.1, 0.15) is 19.4 Å². The molecule has 1 rings (SSSR count). The van der Waals surface area contributed by atoms with Gasteiger partial charge in [0.15, 0.2) is 0 Å². The molecule has 0 saturated heterocycles. The quantitative estimate of drug-likeness (QED) is 0.764. The van der Waals surface area contributed by atoms with Crippen molar-refractivity contribution in [3.8, 4) is 0 Å². The minimum absolute atomic E-state index is 0.107. The molecule has 1 aromatic rings. The van der Waals surface area contributed by atoms with Crippen molar-refractivity contribution in [1.29, 1.82) is 0 Å². The maximum atomic E-state index is 12.7. The molecule has 0 spiro atoms. The predicted octanol–water partition coefficient (Wildman–Crippen LogP) is 3.45. The molecule has 0 saturated carbocycles. The Labute approximate surface area is 126 Å². The van der Waals surface area contributed by atoms with Crippen molar-refractivity contribution in [3.05, 3.63) is 28.2 Å². The third kappa shape index (κ3) is 4.62. The van der Waals surface area contributed by atoms with Crippen LogP contribution in [0.4, 0.5) is 23.7 Å². The van der Waals surface area contributed by atoms with E-state index in [1.54, 1.807) is 0 Å². The maximum Gasteiger partial charge on any atom is 0.417 e. The van der Waals surface area contributed by atoms with Gasteiger partial charge in [-0.15, -0.1) is 0 Å². The number of hydrogen-bond acceptors (Lipinski definition) is 2. The van der Waals surface area contributed by atoms with Crippen LogP contribution in [0.2, 0.25) is 0 Å². The molecular formula is C12H12BrF3N2O3. The first kappa shape index (κ1) is 17.3. The average Bonchev–Trinajstić information content (AvgIpc) is 2.29. The maximum absolute atomic E-state index is 12.7. The number of carboxylic acid groups (broad SMARTS) is 1. The fourth-order valence-corrected chi connectivity index (χ4v) is 1.79. The molecule has 0 atom stereocenters. The highest BCUT2D eigenvalue weighted by Gasteiger charge is 2.33. The number of nitrogens with one attached hydrogen (secondary N) is 2. The first-order valence-corrected chi connectivity index (χ1v) is 6.42. The average molecular weight is 369 g/mol. The van der Waals surface area contributed by atoms with Gasteiger partial charge in [-0.3, -0.25) is 0 Å². The van der Waals surface area contributed by atoms with Crippen LogP contribution in [-0.4, -0.2) is 22.6 Å². The van der Waals surface area contributed by atoms with E-state index in [0.717, 1.165) is 12.1 Å². The summed E-state index contributed by atoms with van der Waals surface area (Å²) in [5.74, 6) is -1.27. The molecule has 116 valence electrons. The van der Waals surface area contributed by atoms with Gasteiger partial charge in [0.05, 0.1) is 5.56 Å². The molecular weight excluding hydrogens is 357 g/mol. The number of carbonyl (C=O) groups is 2. The minimum atomic E-state index is -4.58. The second-order valence-electron chi connectivity index (χ2n) is 4.70. The van der Waals surface area contributed by atoms with Crippen molar-refractivity contribution in [2.24, 2.45) is 0 Å². The Balaban J connectivity index is 2.90. The standard InChI is InChI=1S/C12H12BrF3N2O3/c1-11(2,9(19)20)18-10(21)17-6-3-4-8(13)7(5-6)12(14,15)16/h3-5H,1-2H3,(H,19,20)(H2,17,18,21). The normalized spacial score (nSPS) is 11.9. The number of amides is 2. The van der Waals surface area contributed by atoms with Gasteiger partial charge in [-0.05, 0) is 32.0 Å². The number of hydrogen-bond donors (Lipinski definition) is 3. The molecule has 0 fully saturated rings. The van der Waals surface area contributed by atoms with Crippen LogP contribution in [0.15, 0.2) is 22.7 Å². The van der Waals surface area contributed by atoms with E-state index in [4.69, 9.17) is 5.11 Å². The lowest BCUT2D eigenvalue weighted by molar-refractivity contribution is -0.143. The molecule has 0 aromatic heterocycles. The Morgan fingerprint density at radius 1 is 1.24 bits per heavy atom. The van der Waals surface area contributed by atoms with E-state index in [0.29, 0.717) is 0 Å². The number of halogens is 4. The highest BCUT2D eigenvalue weighted by atomic mass is 79.9. The van der Waals surface area contributed by atoms with Crippen molar-refractivity contribution < 1.29 is 27.9 Å². The lowest BCUT2D eigenvalue weighted by atomic mass is 10.1. The molecule has 3 N–H and O–H groups in total. The Bertz CT molecular complexity index is 573. The van der Waals surface area contributed by atoms with Crippen LogP contribution in [0, 0.1) is 0 Å². The van der Waals surface area contributed by atoms with Gasteiger partial charge >= 0.3 is 18.2 Å². The summed E-state index contributed by atoms with van der Waals surface area (Å²) in [5.41, 5.74) is -2.60. The zero-order chi connectivity index (χ0) is 16.4. The van der Waals surface area contributed by atoms with Crippen LogP contribution in [0.5, 0.6) is 0 Å². The van der Waals surface area contributed by atoms with Gasteiger partial charge in [0.1, 0.15) is 5.54 Å². The van der Waals surface area contributed by atoms with Gasteiger partial charge < -0.3 is 15.7 Å². The number of carbonyl (C=O) groups excluding carboxylic acids is 1. The van der Waals surface area contributed by atoms with E-state index in [-0.39, 0.29) is 10.2 Å². The minimum Gasteiger partial charge on any atom is -0.480 e. The van der Waals surface area contributed by atoms with Gasteiger partial charge in [-0.1, -0.05) is 15.9 Å². The second kappa shape index (κ2) is 5.92. The summed E-state index contributed by atoms with van der Waals surface area (Å²) in [6, 6.07) is 2.23. The molecule has 1 aromatic carbocycles. The lowest BCUT2D eigenvalue weighted by Gasteiger charge is -2.21. The van der Waals surface area contributed by atoms with E-state index < -0.39 is 29.3 Å². The molecule has 2 amide bonds. The number of carboxylic acids is 1. The summed E-state index contributed by atoms with van der Waals surface area (Å²) in [6.07, 6.45) is -4.58. The SMILES string of the molecule is CC(C)(NC(=O)Nc1ccc(Br)c(C(F)(F)F)c1)C(=O)O. The molecule has 0 aliphatic heterocycles. The smallest absolute Gasteiger partial charge is 0.417 e. The molecule has 0 heterocycles. The summed E-state index contributed by atoms with van der Waals surface area (Å²) >= 11 is 2.77.